The van der Waals surface area contributed by atoms with Crippen molar-refractivity contribution in [2.45, 2.75) is 26.9 Å². The summed E-state index contributed by atoms with van der Waals surface area (Å²) in [7, 11) is 0. The maximum atomic E-state index is 12.2. The summed E-state index contributed by atoms with van der Waals surface area (Å²) >= 11 is 0. The van der Waals surface area contributed by atoms with Crippen molar-refractivity contribution in [3.63, 3.8) is 0 Å². The van der Waals surface area contributed by atoms with Gasteiger partial charge < -0.3 is 9.15 Å². The number of furan rings is 1. The first-order valence-electron chi connectivity index (χ1n) is 8.27. The number of fused-ring (bicyclic) bond motifs is 1. The smallest absolute Gasteiger partial charge is 0.279 e. The lowest BCUT2D eigenvalue weighted by molar-refractivity contribution is -0.128. The van der Waals surface area contributed by atoms with Crippen LogP contribution in [0, 0.1) is 13.8 Å². The summed E-state index contributed by atoms with van der Waals surface area (Å²) in [6.07, 6.45) is -0.774. The molecule has 2 aromatic carbocycles. The van der Waals surface area contributed by atoms with E-state index in [1.165, 1.54) is 0 Å². The summed E-state index contributed by atoms with van der Waals surface area (Å²) in [5.41, 5.74) is 5.12. The Morgan fingerprint density at radius 3 is 2.42 bits per heavy atom. The Labute approximate surface area is 151 Å². The molecule has 0 aliphatic heterocycles. The first-order chi connectivity index (χ1) is 12.4. The van der Waals surface area contributed by atoms with Crippen molar-refractivity contribution in [2.75, 3.05) is 0 Å². The molecule has 0 aliphatic rings. The highest BCUT2D eigenvalue weighted by Gasteiger charge is 2.18. The molecule has 2 N–H and O–H groups in total. The quantitative estimate of drug-likeness (QED) is 0.706. The van der Waals surface area contributed by atoms with Crippen LogP contribution in [0.1, 0.15) is 28.8 Å². The van der Waals surface area contributed by atoms with Crippen LogP contribution in [0.4, 0.5) is 0 Å². The van der Waals surface area contributed by atoms with Crippen molar-refractivity contribution < 1.29 is 18.7 Å². The van der Waals surface area contributed by atoms with E-state index in [2.05, 4.69) is 10.9 Å². The third kappa shape index (κ3) is 3.85. The van der Waals surface area contributed by atoms with Crippen LogP contribution >= 0.6 is 0 Å². The molecule has 0 aliphatic carbocycles. The molecule has 1 heterocycles. The van der Waals surface area contributed by atoms with Crippen molar-refractivity contribution in [1.29, 1.82) is 0 Å². The van der Waals surface area contributed by atoms with E-state index >= 15 is 0 Å². The Morgan fingerprint density at radius 2 is 1.73 bits per heavy atom. The van der Waals surface area contributed by atoms with Crippen LogP contribution in [0.5, 0.6) is 5.75 Å². The third-order valence-electron chi connectivity index (χ3n) is 3.99. The minimum atomic E-state index is -0.774. The van der Waals surface area contributed by atoms with Crippen molar-refractivity contribution >= 4 is 22.6 Å². The number of amides is 2. The molecular weight excluding hydrogens is 332 g/mol. The van der Waals surface area contributed by atoms with Gasteiger partial charge in [0.2, 0.25) is 0 Å². The summed E-state index contributed by atoms with van der Waals surface area (Å²) in [4.78, 5) is 24.2. The Morgan fingerprint density at radius 1 is 1.00 bits per heavy atom. The molecular formula is C20H20N2O4. The molecule has 6 nitrogen and oxygen atoms in total. The van der Waals surface area contributed by atoms with E-state index in [-0.39, 0.29) is 0 Å². The zero-order valence-corrected chi connectivity index (χ0v) is 14.8. The number of carbonyl (C=O) groups excluding carboxylic acids is 2. The van der Waals surface area contributed by atoms with Gasteiger partial charge in [-0.25, -0.2) is 0 Å². The van der Waals surface area contributed by atoms with Crippen molar-refractivity contribution in [1.82, 2.24) is 10.9 Å². The number of carbonyl (C=O) groups is 2. The standard InChI is InChI=1S/C20H20N2O4/c1-12-10-18(13(2)25-12)20(24)22-21-19(23)14(3)26-17-9-8-15-6-4-5-7-16(15)11-17/h4-11,14H,1-3H3,(H,21,23)(H,22,24). The average Bonchev–Trinajstić information content (AvgIpc) is 2.97. The van der Waals surface area contributed by atoms with E-state index in [0.29, 0.717) is 22.8 Å². The van der Waals surface area contributed by atoms with Crippen LogP contribution in [0.25, 0.3) is 10.8 Å². The highest BCUT2D eigenvalue weighted by atomic mass is 16.5. The number of hydrogen-bond acceptors (Lipinski definition) is 4. The van der Waals surface area contributed by atoms with Crippen LogP contribution in [-0.2, 0) is 4.79 Å². The summed E-state index contributed by atoms with van der Waals surface area (Å²) in [6.45, 7) is 5.06. The van der Waals surface area contributed by atoms with Crippen LogP contribution < -0.4 is 15.6 Å². The van der Waals surface area contributed by atoms with E-state index in [0.717, 1.165) is 10.8 Å². The second kappa shape index (κ2) is 7.31. The number of hydrazine groups is 1. The van der Waals surface area contributed by atoms with Crippen LogP contribution in [0.15, 0.2) is 52.9 Å². The molecule has 0 saturated heterocycles. The minimum absolute atomic E-state index is 0.380. The zero-order valence-electron chi connectivity index (χ0n) is 14.8. The molecule has 1 aromatic heterocycles. The number of rotatable bonds is 4. The van der Waals surface area contributed by atoms with Gasteiger partial charge in [0.1, 0.15) is 17.3 Å². The first-order valence-corrected chi connectivity index (χ1v) is 8.27. The van der Waals surface area contributed by atoms with Gasteiger partial charge in [0.15, 0.2) is 6.10 Å². The monoisotopic (exact) mass is 352 g/mol. The molecule has 0 spiro atoms. The number of nitrogens with one attached hydrogen (secondary N) is 2. The summed E-state index contributed by atoms with van der Waals surface area (Å²) in [5.74, 6) is 0.815. The highest BCUT2D eigenvalue weighted by Crippen LogP contribution is 2.21. The van der Waals surface area contributed by atoms with E-state index in [9.17, 15) is 9.59 Å². The van der Waals surface area contributed by atoms with E-state index in [1.807, 2.05) is 42.5 Å². The second-order valence-electron chi connectivity index (χ2n) is 6.04. The lowest BCUT2D eigenvalue weighted by Crippen LogP contribution is -2.47. The van der Waals surface area contributed by atoms with Gasteiger partial charge in [-0.3, -0.25) is 20.4 Å². The van der Waals surface area contributed by atoms with Gasteiger partial charge in [-0.15, -0.1) is 0 Å². The van der Waals surface area contributed by atoms with Crippen LogP contribution in [0.2, 0.25) is 0 Å². The fourth-order valence-electron chi connectivity index (χ4n) is 2.64. The largest absolute Gasteiger partial charge is 0.481 e. The Kier molecular flexibility index (Phi) is 4.93. The minimum Gasteiger partial charge on any atom is -0.481 e. The molecule has 6 heteroatoms. The van der Waals surface area contributed by atoms with E-state index in [4.69, 9.17) is 9.15 Å². The Hall–Kier alpha value is -3.28. The molecule has 1 unspecified atom stereocenters. The van der Waals surface area contributed by atoms with Gasteiger partial charge in [-0.2, -0.15) is 0 Å². The molecule has 134 valence electrons. The summed E-state index contributed by atoms with van der Waals surface area (Å²) in [6, 6.07) is 15.1. The fourth-order valence-corrected chi connectivity index (χ4v) is 2.64. The lowest BCUT2D eigenvalue weighted by Gasteiger charge is -2.15. The number of hydrogen-bond donors (Lipinski definition) is 2. The number of benzene rings is 2. The van der Waals surface area contributed by atoms with Crippen LogP contribution in [0.3, 0.4) is 0 Å². The van der Waals surface area contributed by atoms with Gasteiger partial charge in [0.05, 0.1) is 5.56 Å². The molecule has 1 atom stereocenters. The van der Waals surface area contributed by atoms with Gasteiger partial charge in [-0.05, 0) is 49.7 Å². The Bertz CT molecular complexity index is 961. The Balaban J connectivity index is 1.58. The van der Waals surface area contributed by atoms with Gasteiger partial charge in [0.25, 0.3) is 11.8 Å². The molecule has 26 heavy (non-hydrogen) atoms. The molecule has 0 fully saturated rings. The van der Waals surface area contributed by atoms with Gasteiger partial charge >= 0.3 is 0 Å². The third-order valence-corrected chi connectivity index (χ3v) is 3.99. The fraction of sp³-hybridized carbons (Fsp3) is 0.200. The zero-order chi connectivity index (χ0) is 18.7. The lowest BCUT2D eigenvalue weighted by atomic mass is 10.1. The second-order valence-corrected chi connectivity index (χ2v) is 6.04. The van der Waals surface area contributed by atoms with E-state index in [1.54, 1.807) is 26.8 Å². The van der Waals surface area contributed by atoms with Crippen molar-refractivity contribution in [3.8, 4) is 5.75 Å². The molecule has 0 saturated carbocycles. The normalized spacial score (nSPS) is 11.8. The predicted molar refractivity (Wildman–Crippen MR) is 97.8 cm³/mol. The summed E-state index contributed by atoms with van der Waals surface area (Å²) < 4.78 is 11.0. The first kappa shape index (κ1) is 17.5. The molecule has 3 aromatic rings. The SMILES string of the molecule is Cc1cc(C(=O)NNC(=O)C(C)Oc2ccc3ccccc3c2)c(C)o1. The number of aryl methyl sites for hydroxylation is 2. The molecule has 2 amide bonds. The molecule has 0 bridgehead atoms. The summed E-state index contributed by atoms with van der Waals surface area (Å²) in [5, 5.41) is 2.12. The molecule has 0 radical (unpaired) electrons. The maximum absolute atomic E-state index is 12.2. The van der Waals surface area contributed by atoms with Crippen molar-refractivity contribution in [2.24, 2.45) is 0 Å². The van der Waals surface area contributed by atoms with Gasteiger partial charge in [-0.1, -0.05) is 30.3 Å². The van der Waals surface area contributed by atoms with Gasteiger partial charge in [0, 0.05) is 0 Å². The highest BCUT2D eigenvalue weighted by molar-refractivity contribution is 5.96. The van der Waals surface area contributed by atoms with Crippen molar-refractivity contribution in [3.05, 3.63) is 65.6 Å². The molecule has 3 rings (SSSR count). The average molecular weight is 352 g/mol. The van der Waals surface area contributed by atoms with E-state index < -0.39 is 17.9 Å². The van der Waals surface area contributed by atoms with Crippen LogP contribution in [-0.4, -0.2) is 17.9 Å². The maximum Gasteiger partial charge on any atom is 0.279 e. The topological polar surface area (TPSA) is 80.6 Å². The number of ether oxygens (including phenoxy) is 1. The predicted octanol–water partition coefficient (Wildman–Crippen LogP) is 3.28.